The molecule has 0 N–H and O–H groups in total. The van der Waals surface area contributed by atoms with E-state index >= 15 is 0 Å². The van der Waals surface area contributed by atoms with Gasteiger partial charge in [-0.3, -0.25) is 0 Å². The third-order valence-electron chi connectivity index (χ3n) is 0.736. The van der Waals surface area contributed by atoms with Gasteiger partial charge in [0.05, 0.1) is 0 Å². The summed E-state index contributed by atoms with van der Waals surface area (Å²) in [5, 5.41) is 0. The van der Waals surface area contributed by atoms with Crippen LogP contribution in [0.3, 0.4) is 0 Å². The minimum atomic E-state index is -0.378. The third kappa shape index (κ3) is 7.99. The standard InChI is InChI=1S/Cl2GeH10Si4/c1-4-5-6-7(2)3/h7H,4-6H2,3H3. The molecule has 1 atom stereocenters. The van der Waals surface area contributed by atoms with Crippen molar-refractivity contribution in [2.75, 3.05) is 0 Å². The molecule has 7 heteroatoms. The van der Waals surface area contributed by atoms with Gasteiger partial charge in [-0.15, -0.1) is 0 Å². The second-order valence-electron chi connectivity index (χ2n) is 1.61. The van der Waals surface area contributed by atoms with Gasteiger partial charge in [-0.1, -0.05) is 0 Å². The van der Waals surface area contributed by atoms with E-state index in [1.165, 1.54) is 0 Å². The molecule has 0 nitrogen and oxygen atoms in total. The Morgan fingerprint density at radius 2 is 2.14 bits per heavy atom. The summed E-state index contributed by atoms with van der Waals surface area (Å²) in [4.78, 5) is 0. The average molecular weight is 266 g/mol. The summed E-state index contributed by atoms with van der Waals surface area (Å²) in [6.45, 7) is 0. The van der Waals surface area contributed by atoms with E-state index in [1.807, 2.05) is 0 Å². The van der Waals surface area contributed by atoms with Crippen LogP contribution in [0.15, 0.2) is 0 Å². The van der Waals surface area contributed by atoms with E-state index in [0.29, 0.717) is 17.1 Å². The van der Waals surface area contributed by atoms with Gasteiger partial charge in [-0.25, -0.2) is 0 Å². The molecule has 0 aromatic heterocycles. The zero-order chi connectivity index (χ0) is 5.70. The first-order chi connectivity index (χ1) is 3.27. The van der Waals surface area contributed by atoms with Crippen LogP contribution in [-0.4, -0.2) is 47.5 Å². The van der Waals surface area contributed by atoms with Gasteiger partial charge >= 0.3 is 69.6 Å². The van der Waals surface area contributed by atoms with E-state index in [0.717, 1.165) is 15.9 Å². The van der Waals surface area contributed by atoms with Crippen molar-refractivity contribution in [3.8, 4) is 0 Å². The molecule has 0 amide bonds. The molecule has 7 heavy (non-hydrogen) atoms. The molecular formula is H10Cl2GeSi4. The van der Waals surface area contributed by atoms with Crippen molar-refractivity contribution in [3.05, 3.63) is 0 Å². The molecule has 0 aliphatic carbocycles. The first kappa shape index (κ1) is 8.99. The molecule has 0 aromatic rings. The van der Waals surface area contributed by atoms with Crippen LogP contribution in [0, 0.1) is 0 Å². The van der Waals surface area contributed by atoms with E-state index in [1.54, 1.807) is 0 Å². The van der Waals surface area contributed by atoms with Crippen LogP contribution < -0.4 is 0 Å². The Morgan fingerprint density at radius 1 is 1.57 bits per heavy atom. The first-order valence-corrected chi connectivity index (χ1v) is 26.0. The Kier molecular flexibility index (Phi) is 7.85. The summed E-state index contributed by atoms with van der Waals surface area (Å²) in [5.74, 6) is 0. The molecule has 0 rings (SSSR count). The van der Waals surface area contributed by atoms with Gasteiger partial charge in [0.2, 0.25) is 0 Å². The predicted molar refractivity (Wildman–Crippen MR) is 54.4 cm³/mol. The first-order valence-electron chi connectivity index (χ1n) is 2.47. The van der Waals surface area contributed by atoms with Gasteiger partial charge in [0, 0.05) is 0 Å². The molecule has 0 saturated heterocycles. The molecule has 0 spiro atoms. The molecule has 0 aliphatic heterocycles. The van der Waals surface area contributed by atoms with E-state index in [2.05, 4.69) is 0 Å². The molecular weight excluding hydrogens is 256 g/mol. The maximum absolute atomic E-state index is 5.94. The van der Waals surface area contributed by atoms with Crippen LogP contribution in [0.4, 0.5) is 0 Å². The third-order valence-corrected chi connectivity index (χ3v) is 76.7. The monoisotopic (exact) mass is 266 g/mol. The van der Waals surface area contributed by atoms with Crippen LogP contribution in [0.5, 0.6) is 0 Å². The Balaban J connectivity index is 2.68. The van der Waals surface area contributed by atoms with Crippen molar-refractivity contribution in [2.45, 2.75) is 0 Å². The van der Waals surface area contributed by atoms with Crippen LogP contribution >= 0.6 is 22.2 Å². The Labute approximate surface area is 69.2 Å². The second kappa shape index (κ2) is 6.12. The van der Waals surface area contributed by atoms with Gasteiger partial charge in [-0.05, 0) is 0 Å². The fourth-order valence-corrected chi connectivity index (χ4v) is 123. The van der Waals surface area contributed by atoms with Crippen molar-refractivity contribution in [3.63, 3.8) is 0 Å². The predicted octanol–water partition coefficient (Wildman–Crippen LogP) is -3.20. The summed E-state index contributed by atoms with van der Waals surface area (Å²) in [5.41, 5.74) is 0. The molecule has 44 valence electrons. The molecule has 0 radical (unpaired) electrons. The van der Waals surface area contributed by atoms with E-state index in [-0.39, 0.29) is 14.5 Å². The SMILES string of the molecule is Cl[SiH2][SiH2][SiH2][SiH](Cl)[GeH3]. The van der Waals surface area contributed by atoms with Gasteiger partial charge in [0.25, 0.3) is 0 Å². The number of rotatable bonds is 3. The van der Waals surface area contributed by atoms with Crippen molar-refractivity contribution in [1.82, 2.24) is 0 Å². The normalized spacial score (nSPS) is 19.7. The molecule has 0 aromatic carbocycles. The number of hydrogen-bond acceptors (Lipinski definition) is 0. The van der Waals surface area contributed by atoms with Gasteiger partial charge < -0.3 is 0 Å². The van der Waals surface area contributed by atoms with Crippen molar-refractivity contribution in [1.29, 1.82) is 0 Å². The van der Waals surface area contributed by atoms with Crippen molar-refractivity contribution < 1.29 is 0 Å². The summed E-state index contributed by atoms with van der Waals surface area (Å²) in [6, 6.07) is 0. The van der Waals surface area contributed by atoms with Crippen LogP contribution in [-0.2, 0) is 0 Å². The molecule has 0 heterocycles. The number of halogens is 2. The second-order valence-corrected chi connectivity index (χ2v) is 55.9. The topological polar surface area (TPSA) is 0 Å². The fourth-order valence-electron chi connectivity index (χ4n) is 0.358. The zero-order valence-electron chi connectivity index (χ0n) is 4.45. The molecule has 0 fully saturated rings. The summed E-state index contributed by atoms with van der Waals surface area (Å²) in [6.07, 6.45) is -0.378. The van der Waals surface area contributed by atoms with Crippen LogP contribution in [0.25, 0.3) is 0 Å². The fraction of sp³-hybridized carbons (Fsp3) is 0. The Hall–Kier alpha value is 1.99. The molecule has 0 aliphatic rings. The molecule has 1 unspecified atom stereocenters. The molecule has 0 saturated carbocycles. The quantitative estimate of drug-likeness (QED) is 0.373. The molecule has 0 bridgehead atoms. The van der Waals surface area contributed by atoms with Gasteiger partial charge in [0.1, 0.15) is 0 Å². The van der Waals surface area contributed by atoms with Crippen LogP contribution in [0.2, 0.25) is 0 Å². The maximum atomic E-state index is 5.94. The van der Waals surface area contributed by atoms with Crippen LogP contribution in [0.1, 0.15) is 0 Å². The van der Waals surface area contributed by atoms with Crippen molar-refractivity contribution in [2.24, 2.45) is 0 Å². The van der Waals surface area contributed by atoms with Crippen molar-refractivity contribution >= 4 is 69.6 Å². The average Bonchev–Trinajstić information content (AvgIpc) is 1.61. The summed E-state index contributed by atoms with van der Waals surface area (Å²) >= 11 is 12.6. The Bertz CT molecular complexity index is 38.7. The summed E-state index contributed by atoms with van der Waals surface area (Å²) < 4.78 is 0. The van der Waals surface area contributed by atoms with Gasteiger partial charge in [0.15, 0.2) is 0 Å². The Morgan fingerprint density at radius 3 is 2.29 bits per heavy atom. The minimum absolute atomic E-state index is 0.0243. The zero-order valence-corrected chi connectivity index (χ0v) is 15.6. The van der Waals surface area contributed by atoms with E-state index < -0.39 is 0 Å². The number of hydrogen-bond donors (Lipinski definition) is 0. The van der Waals surface area contributed by atoms with Gasteiger partial charge in [-0.2, -0.15) is 0 Å². The van der Waals surface area contributed by atoms with E-state index in [9.17, 15) is 0 Å². The van der Waals surface area contributed by atoms with E-state index in [4.69, 9.17) is 22.2 Å². The summed E-state index contributed by atoms with van der Waals surface area (Å²) in [7, 11) is 0.821.